The molecule has 0 radical (unpaired) electrons. The maximum Gasteiger partial charge on any atom is 0.114 e. The molecule has 0 aromatic carbocycles. The van der Waals surface area contributed by atoms with Gasteiger partial charge in [0.05, 0.1) is 19.4 Å². The molecule has 0 bridgehead atoms. The van der Waals surface area contributed by atoms with E-state index in [2.05, 4.69) is 21.4 Å². The summed E-state index contributed by atoms with van der Waals surface area (Å²) in [6.07, 6.45) is 9.77. The number of ether oxygens (including phenoxy) is 1. The fourth-order valence-corrected chi connectivity index (χ4v) is 2.53. The van der Waals surface area contributed by atoms with Crippen molar-refractivity contribution in [2.24, 2.45) is 0 Å². The average molecular weight is 256 g/mol. The van der Waals surface area contributed by atoms with Gasteiger partial charge in [-0.05, 0) is 30.4 Å². The summed E-state index contributed by atoms with van der Waals surface area (Å²) in [5.41, 5.74) is 3.31. The molecule has 4 rings (SSSR count). The number of hydrogen-bond acceptors (Lipinski definition) is 4. The maximum atomic E-state index is 5.18. The Hall–Kier alpha value is -1.75. The molecule has 2 aliphatic rings. The summed E-state index contributed by atoms with van der Waals surface area (Å²) in [7, 11) is 0. The van der Waals surface area contributed by atoms with Gasteiger partial charge in [0.15, 0.2) is 0 Å². The van der Waals surface area contributed by atoms with E-state index in [1.54, 1.807) is 0 Å². The van der Waals surface area contributed by atoms with Gasteiger partial charge in [-0.1, -0.05) is 11.6 Å². The molecule has 5 heteroatoms. The summed E-state index contributed by atoms with van der Waals surface area (Å²) in [5, 5.41) is 8.43. The van der Waals surface area contributed by atoms with Crippen LogP contribution in [-0.4, -0.2) is 33.2 Å². The third-order valence-electron chi connectivity index (χ3n) is 4.14. The minimum absolute atomic E-state index is 0.351. The van der Waals surface area contributed by atoms with E-state index in [1.807, 2.05) is 23.3 Å². The SMILES string of the molecule is c1ncc(C2CCC2)cc1-c1cn(C2COC2)nn1. The van der Waals surface area contributed by atoms with Crippen LogP contribution in [0, 0.1) is 0 Å². The van der Waals surface area contributed by atoms with Crippen LogP contribution in [0.25, 0.3) is 11.3 Å². The Balaban J connectivity index is 1.61. The van der Waals surface area contributed by atoms with E-state index in [0.717, 1.165) is 24.5 Å². The first-order chi connectivity index (χ1) is 9.40. The zero-order valence-electron chi connectivity index (χ0n) is 10.7. The second-order valence-corrected chi connectivity index (χ2v) is 5.41. The molecule has 0 spiro atoms. The quantitative estimate of drug-likeness (QED) is 0.844. The highest BCUT2D eigenvalue weighted by atomic mass is 16.5. The Morgan fingerprint density at radius 2 is 2.11 bits per heavy atom. The van der Waals surface area contributed by atoms with Crippen molar-refractivity contribution in [1.29, 1.82) is 0 Å². The summed E-state index contributed by atoms with van der Waals surface area (Å²) in [5.74, 6) is 0.697. The Bertz CT molecular complexity index is 587. The van der Waals surface area contributed by atoms with Crippen LogP contribution in [0.5, 0.6) is 0 Å². The molecular formula is C14H16N4O. The third-order valence-corrected chi connectivity index (χ3v) is 4.14. The van der Waals surface area contributed by atoms with Gasteiger partial charge in [-0.15, -0.1) is 5.10 Å². The van der Waals surface area contributed by atoms with Gasteiger partial charge in [-0.3, -0.25) is 4.98 Å². The lowest BCUT2D eigenvalue weighted by Crippen LogP contribution is -2.30. The normalized spacial score (nSPS) is 20.0. The number of pyridine rings is 1. The van der Waals surface area contributed by atoms with Gasteiger partial charge in [-0.25, -0.2) is 4.68 Å². The second kappa shape index (κ2) is 4.42. The summed E-state index contributed by atoms with van der Waals surface area (Å²) in [6.45, 7) is 1.48. The minimum atomic E-state index is 0.351. The summed E-state index contributed by atoms with van der Waals surface area (Å²) in [4.78, 5) is 4.35. The molecule has 1 saturated carbocycles. The number of rotatable bonds is 3. The molecule has 1 aliphatic carbocycles. The first-order valence-corrected chi connectivity index (χ1v) is 6.85. The van der Waals surface area contributed by atoms with Gasteiger partial charge in [-0.2, -0.15) is 0 Å². The minimum Gasteiger partial charge on any atom is -0.377 e. The van der Waals surface area contributed by atoms with Crippen LogP contribution in [0.3, 0.4) is 0 Å². The predicted molar refractivity (Wildman–Crippen MR) is 69.7 cm³/mol. The molecule has 0 unspecified atom stereocenters. The van der Waals surface area contributed by atoms with Crippen LogP contribution in [0.4, 0.5) is 0 Å². The molecular weight excluding hydrogens is 240 g/mol. The van der Waals surface area contributed by atoms with Gasteiger partial charge < -0.3 is 4.74 Å². The lowest BCUT2D eigenvalue weighted by Gasteiger charge is -2.25. The highest BCUT2D eigenvalue weighted by Crippen LogP contribution is 2.37. The molecule has 0 atom stereocenters. The van der Waals surface area contributed by atoms with E-state index in [9.17, 15) is 0 Å². The maximum absolute atomic E-state index is 5.18. The summed E-state index contributed by atoms with van der Waals surface area (Å²) in [6, 6.07) is 2.56. The average Bonchev–Trinajstić information content (AvgIpc) is 2.74. The first kappa shape index (κ1) is 11.1. The summed E-state index contributed by atoms with van der Waals surface area (Å²) >= 11 is 0. The third kappa shape index (κ3) is 1.94. The standard InChI is InChI=1S/C14H16N4O/c1-2-10(3-1)11-4-12(6-15-5-11)14-7-18(17-16-14)13-8-19-9-13/h4-7,10,13H,1-3,8-9H2. The molecule has 1 aliphatic heterocycles. The van der Waals surface area contributed by atoms with Gasteiger partial charge in [0, 0.05) is 18.0 Å². The van der Waals surface area contributed by atoms with E-state index in [-0.39, 0.29) is 0 Å². The molecule has 2 aromatic rings. The van der Waals surface area contributed by atoms with E-state index >= 15 is 0 Å². The predicted octanol–water partition coefficient (Wildman–Crippen LogP) is 2.18. The molecule has 5 nitrogen and oxygen atoms in total. The van der Waals surface area contributed by atoms with E-state index in [1.165, 1.54) is 24.8 Å². The number of hydrogen-bond donors (Lipinski definition) is 0. The zero-order valence-corrected chi connectivity index (χ0v) is 10.7. The van der Waals surface area contributed by atoms with Crippen LogP contribution in [0.2, 0.25) is 0 Å². The van der Waals surface area contributed by atoms with Gasteiger partial charge in [0.2, 0.25) is 0 Å². The largest absolute Gasteiger partial charge is 0.377 e. The number of aromatic nitrogens is 4. The molecule has 1 saturated heterocycles. The fraction of sp³-hybridized carbons (Fsp3) is 0.500. The fourth-order valence-electron chi connectivity index (χ4n) is 2.53. The molecule has 0 N–H and O–H groups in total. The van der Waals surface area contributed by atoms with E-state index < -0.39 is 0 Å². The van der Waals surface area contributed by atoms with Gasteiger partial charge in [0.25, 0.3) is 0 Å². The lowest BCUT2D eigenvalue weighted by atomic mass is 9.80. The van der Waals surface area contributed by atoms with Crippen LogP contribution < -0.4 is 0 Å². The number of nitrogens with zero attached hydrogens (tertiary/aromatic N) is 4. The Kier molecular flexibility index (Phi) is 2.58. The van der Waals surface area contributed by atoms with Gasteiger partial charge >= 0.3 is 0 Å². The molecule has 2 fully saturated rings. The Morgan fingerprint density at radius 3 is 2.79 bits per heavy atom. The molecule has 2 aromatic heterocycles. The zero-order chi connectivity index (χ0) is 12.7. The highest BCUT2D eigenvalue weighted by molar-refractivity contribution is 5.57. The second-order valence-electron chi connectivity index (χ2n) is 5.41. The summed E-state index contributed by atoms with van der Waals surface area (Å²) < 4.78 is 7.07. The van der Waals surface area contributed by atoms with Crippen LogP contribution in [0.1, 0.15) is 36.8 Å². The van der Waals surface area contributed by atoms with Crippen molar-refractivity contribution in [2.45, 2.75) is 31.2 Å². The van der Waals surface area contributed by atoms with Crippen molar-refractivity contribution in [3.8, 4) is 11.3 Å². The molecule has 98 valence electrons. The van der Waals surface area contributed by atoms with Crippen molar-refractivity contribution in [3.63, 3.8) is 0 Å². The Labute approximate surface area is 111 Å². The smallest absolute Gasteiger partial charge is 0.114 e. The topological polar surface area (TPSA) is 52.8 Å². The van der Waals surface area contributed by atoms with Crippen molar-refractivity contribution in [2.75, 3.05) is 13.2 Å². The Morgan fingerprint density at radius 1 is 1.21 bits per heavy atom. The van der Waals surface area contributed by atoms with Crippen molar-refractivity contribution in [1.82, 2.24) is 20.0 Å². The van der Waals surface area contributed by atoms with Crippen LogP contribution >= 0.6 is 0 Å². The van der Waals surface area contributed by atoms with Crippen molar-refractivity contribution in [3.05, 3.63) is 30.2 Å². The van der Waals surface area contributed by atoms with E-state index in [0.29, 0.717) is 12.0 Å². The monoisotopic (exact) mass is 256 g/mol. The van der Waals surface area contributed by atoms with Crippen LogP contribution in [0.15, 0.2) is 24.7 Å². The van der Waals surface area contributed by atoms with Crippen molar-refractivity contribution >= 4 is 0 Å². The molecule has 3 heterocycles. The van der Waals surface area contributed by atoms with Gasteiger partial charge in [0.1, 0.15) is 11.7 Å². The molecule has 0 amide bonds. The highest BCUT2D eigenvalue weighted by Gasteiger charge is 2.23. The lowest BCUT2D eigenvalue weighted by molar-refractivity contribution is -0.0293. The van der Waals surface area contributed by atoms with Crippen molar-refractivity contribution < 1.29 is 4.74 Å². The first-order valence-electron chi connectivity index (χ1n) is 6.85. The van der Waals surface area contributed by atoms with E-state index in [4.69, 9.17) is 4.74 Å². The van der Waals surface area contributed by atoms with Crippen LogP contribution in [-0.2, 0) is 4.74 Å². The molecule has 19 heavy (non-hydrogen) atoms.